The summed E-state index contributed by atoms with van der Waals surface area (Å²) in [6.45, 7) is -0.448. The highest BCUT2D eigenvalue weighted by atomic mass is 19.4. The lowest BCUT2D eigenvalue weighted by atomic mass is 10.3. The summed E-state index contributed by atoms with van der Waals surface area (Å²) >= 11 is 0. The average Bonchev–Trinajstić information content (AvgIpc) is 2.37. The number of nitrogens with zero attached hydrogens (tertiary/aromatic N) is 1. The zero-order valence-electron chi connectivity index (χ0n) is 6.12. The quantitative estimate of drug-likeness (QED) is 0.729. The lowest BCUT2D eigenvalue weighted by molar-refractivity contribution is -0.207. The van der Waals surface area contributed by atoms with E-state index in [0.717, 1.165) is 0 Å². The van der Waals surface area contributed by atoms with Crippen molar-refractivity contribution in [3.63, 3.8) is 0 Å². The van der Waals surface area contributed by atoms with E-state index in [0.29, 0.717) is 0 Å². The molecule has 0 amide bonds. The molecule has 0 fully saturated rings. The van der Waals surface area contributed by atoms with Gasteiger partial charge in [0, 0.05) is 12.4 Å². The van der Waals surface area contributed by atoms with Crippen LogP contribution in [0.1, 0.15) is 0 Å². The molecule has 0 radical (unpaired) electrons. The number of rotatable bonds is 2. The lowest BCUT2D eigenvalue weighted by Crippen LogP contribution is -2.32. The predicted octanol–water partition coefficient (Wildman–Crippen LogP) is 1.41. The third kappa shape index (κ3) is 2.27. The standard InChI is InChI=1S/C7H8F3NO/c8-7(9,10)6(12)5-11-3-1-2-4-11/h1-4,6,12H,5H2. The molecular weight excluding hydrogens is 171 g/mol. The van der Waals surface area contributed by atoms with Gasteiger partial charge in [-0.25, -0.2) is 0 Å². The first-order valence-corrected chi connectivity index (χ1v) is 3.35. The molecule has 1 N–H and O–H groups in total. The van der Waals surface area contributed by atoms with Crippen LogP contribution in [0.15, 0.2) is 24.5 Å². The van der Waals surface area contributed by atoms with Gasteiger partial charge in [0.25, 0.3) is 0 Å². The van der Waals surface area contributed by atoms with Gasteiger partial charge >= 0.3 is 6.18 Å². The third-order valence-corrected chi connectivity index (χ3v) is 1.43. The van der Waals surface area contributed by atoms with Gasteiger partial charge in [0.15, 0.2) is 6.10 Å². The van der Waals surface area contributed by atoms with Gasteiger partial charge in [0.1, 0.15) is 0 Å². The monoisotopic (exact) mass is 179 g/mol. The summed E-state index contributed by atoms with van der Waals surface area (Å²) in [5, 5.41) is 8.61. The summed E-state index contributed by atoms with van der Waals surface area (Å²) in [6, 6.07) is 3.20. The summed E-state index contributed by atoms with van der Waals surface area (Å²) in [5.74, 6) is 0. The molecule has 1 unspecified atom stereocenters. The van der Waals surface area contributed by atoms with Gasteiger partial charge in [0.2, 0.25) is 0 Å². The first kappa shape index (κ1) is 9.12. The number of hydrogen-bond donors (Lipinski definition) is 1. The van der Waals surface area contributed by atoms with Gasteiger partial charge in [-0.3, -0.25) is 0 Å². The van der Waals surface area contributed by atoms with Crippen LogP contribution >= 0.6 is 0 Å². The van der Waals surface area contributed by atoms with Crippen molar-refractivity contribution in [1.29, 1.82) is 0 Å². The van der Waals surface area contributed by atoms with Crippen molar-refractivity contribution in [2.24, 2.45) is 0 Å². The normalized spacial score (nSPS) is 14.7. The van der Waals surface area contributed by atoms with Crippen LogP contribution in [0.5, 0.6) is 0 Å². The number of aliphatic hydroxyl groups excluding tert-OH is 1. The van der Waals surface area contributed by atoms with E-state index in [9.17, 15) is 13.2 Å². The van der Waals surface area contributed by atoms with Crippen LogP contribution in [0.25, 0.3) is 0 Å². The topological polar surface area (TPSA) is 25.2 Å². The van der Waals surface area contributed by atoms with Gasteiger partial charge in [-0.05, 0) is 12.1 Å². The Balaban J connectivity index is 2.53. The molecule has 2 nitrogen and oxygen atoms in total. The number of aromatic nitrogens is 1. The van der Waals surface area contributed by atoms with E-state index in [1.54, 1.807) is 12.1 Å². The number of halogens is 3. The van der Waals surface area contributed by atoms with Crippen LogP contribution in [0.3, 0.4) is 0 Å². The van der Waals surface area contributed by atoms with Crippen molar-refractivity contribution < 1.29 is 18.3 Å². The largest absolute Gasteiger partial charge is 0.416 e. The van der Waals surface area contributed by atoms with Crippen LogP contribution in [-0.2, 0) is 6.54 Å². The van der Waals surface area contributed by atoms with Crippen LogP contribution < -0.4 is 0 Å². The molecule has 0 bridgehead atoms. The van der Waals surface area contributed by atoms with Crippen LogP contribution in [-0.4, -0.2) is 22.0 Å². The van der Waals surface area contributed by atoms with E-state index in [1.807, 2.05) is 0 Å². The Morgan fingerprint density at radius 1 is 1.25 bits per heavy atom. The Kier molecular flexibility index (Phi) is 2.42. The lowest BCUT2D eigenvalue weighted by Gasteiger charge is -2.14. The predicted molar refractivity (Wildman–Crippen MR) is 36.5 cm³/mol. The Labute approximate surface area is 67.2 Å². The molecule has 0 aliphatic heterocycles. The third-order valence-electron chi connectivity index (χ3n) is 1.43. The highest BCUT2D eigenvalue weighted by molar-refractivity contribution is 4.91. The van der Waals surface area contributed by atoms with Crippen molar-refractivity contribution in [2.45, 2.75) is 18.8 Å². The van der Waals surface area contributed by atoms with E-state index in [4.69, 9.17) is 5.11 Å². The molecule has 0 saturated heterocycles. The molecule has 12 heavy (non-hydrogen) atoms. The first-order chi connectivity index (χ1) is 5.50. The van der Waals surface area contributed by atoms with Gasteiger partial charge in [-0.2, -0.15) is 13.2 Å². The van der Waals surface area contributed by atoms with Crippen molar-refractivity contribution in [3.8, 4) is 0 Å². The fourth-order valence-corrected chi connectivity index (χ4v) is 0.795. The van der Waals surface area contributed by atoms with Crippen molar-refractivity contribution in [2.75, 3.05) is 0 Å². The molecular formula is C7H8F3NO. The summed E-state index contributed by atoms with van der Waals surface area (Å²) in [4.78, 5) is 0. The molecule has 1 aromatic heterocycles. The molecule has 0 aliphatic rings. The first-order valence-electron chi connectivity index (χ1n) is 3.35. The number of aliphatic hydroxyl groups is 1. The highest BCUT2D eigenvalue weighted by Crippen LogP contribution is 2.20. The second kappa shape index (κ2) is 3.18. The Morgan fingerprint density at radius 3 is 2.17 bits per heavy atom. The molecule has 0 aromatic carbocycles. The van der Waals surface area contributed by atoms with Gasteiger partial charge in [-0.1, -0.05) is 0 Å². The molecule has 1 atom stereocenters. The molecule has 1 rings (SSSR count). The van der Waals surface area contributed by atoms with E-state index < -0.39 is 18.8 Å². The summed E-state index contributed by atoms with van der Waals surface area (Å²) in [6.07, 6.45) is -3.89. The van der Waals surface area contributed by atoms with Gasteiger partial charge < -0.3 is 9.67 Å². The Morgan fingerprint density at radius 2 is 1.75 bits per heavy atom. The van der Waals surface area contributed by atoms with Crippen molar-refractivity contribution in [3.05, 3.63) is 24.5 Å². The van der Waals surface area contributed by atoms with Crippen LogP contribution in [0.4, 0.5) is 13.2 Å². The minimum absolute atomic E-state index is 0.448. The number of hydrogen-bond acceptors (Lipinski definition) is 1. The van der Waals surface area contributed by atoms with E-state index in [2.05, 4.69) is 0 Å². The SMILES string of the molecule is OC(Cn1cccc1)C(F)(F)F. The van der Waals surface area contributed by atoms with Crippen LogP contribution in [0, 0.1) is 0 Å². The van der Waals surface area contributed by atoms with Crippen molar-refractivity contribution >= 4 is 0 Å². The maximum atomic E-state index is 11.8. The second-order valence-electron chi connectivity index (χ2n) is 2.44. The minimum Gasteiger partial charge on any atom is -0.382 e. The van der Waals surface area contributed by atoms with Crippen molar-refractivity contribution in [1.82, 2.24) is 4.57 Å². The fourth-order valence-electron chi connectivity index (χ4n) is 0.795. The fraction of sp³-hybridized carbons (Fsp3) is 0.429. The Hall–Kier alpha value is -0.970. The molecule has 0 saturated carbocycles. The molecule has 0 aliphatic carbocycles. The average molecular weight is 179 g/mol. The molecule has 1 aromatic rings. The second-order valence-corrected chi connectivity index (χ2v) is 2.44. The smallest absolute Gasteiger partial charge is 0.382 e. The van der Waals surface area contributed by atoms with Crippen LogP contribution in [0.2, 0.25) is 0 Å². The highest BCUT2D eigenvalue weighted by Gasteiger charge is 2.37. The summed E-state index contributed by atoms with van der Waals surface area (Å²) in [5.41, 5.74) is 0. The van der Waals surface area contributed by atoms with E-state index in [-0.39, 0.29) is 0 Å². The maximum absolute atomic E-state index is 11.8. The van der Waals surface area contributed by atoms with E-state index in [1.165, 1.54) is 17.0 Å². The zero-order valence-corrected chi connectivity index (χ0v) is 6.12. The minimum atomic E-state index is -4.54. The summed E-state index contributed by atoms with van der Waals surface area (Å²) in [7, 11) is 0. The molecule has 5 heteroatoms. The zero-order chi connectivity index (χ0) is 9.19. The van der Waals surface area contributed by atoms with E-state index >= 15 is 0 Å². The van der Waals surface area contributed by atoms with Gasteiger partial charge in [-0.15, -0.1) is 0 Å². The number of alkyl halides is 3. The molecule has 1 heterocycles. The van der Waals surface area contributed by atoms with Gasteiger partial charge in [0.05, 0.1) is 6.54 Å². The Bertz CT molecular complexity index is 229. The maximum Gasteiger partial charge on any atom is 0.416 e. The molecule has 0 spiro atoms. The summed E-state index contributed by atoms with van der Waals surface area (Å²) < 4.78 is 36.6. The molecule has 68 valence electrons.